The van der Waals surface area contributed by atoms with Crippen LogP contribution in [0.5, 0.6) is 0 Å². The first-order valence-corrected chi connectivity index (χ1v) is 1.68. The number of hydrogen-bond donors (Lipinski definition) is 1. The van der Waals surface area contributed by atoms with E-state index in [4.69, 9.17) is 5.11 Å². The molecular formula is C4H7O2Y-. The van der Waals surface area contributed by atoms with Crippen molar-refractivity contribution in [1.82, 2.24) is 0 Å². The third-order valence-corrected chi connectivity index (χ3v) is 0.428. The Morgan fingerprint density at radius 2 is 1.71 bits per heavy atom. The van der Waals surface area contributed by atoms with Crippen LogP contribution in [0.1, 0.15) is 13.8 Å². The maximum absolute atomic E-state index is 9.66. The molecule has 0 spiro atoms. The molecule has 0 unspecified atom stereocenters. The molecule has 0 saturated heterocycles. The molecule has 1 radical (unpaired) electrons. The monoisotopic (exact) mass is 176 g/mol. The molecule has 0 amide bonds. The van der Waals surface area contributed by atoms with Crippen molar-refractivity contribution in [2.75, 3.05) is 0 Å². The molecule has 0 aromatic rings. The third-order valence-electron chi connectivity index (χ3n) is 0.428. The Kier molecular flexibility index (Phi) is 6.85. The fourth-order valence-corrected chi connectivity index (χ4v) is 0. The van der Waals surface area contributed by atoms with E-state index in [9.17, 15) is 4.79 Å². The quantitative estimate of drug-likeness (QED) is 0.596. The van der Waals surface area contributed by atoms with Crippen molar-refractivity contribution in [3.8, 4) is 0 Å². The van der Waals surface area contributed by atoms with E-state index in [0.29, 0.717) is 5.92 Å². The molecular weight excluding hydrogens is 169 g/mol. The van der Waals surface area contributed by atoms with Crippen LogP contribution in [0.25, 0.3) is 0 Å². The standard InChI is InChI=1S/C4H7O2.Y/c1-3(2)4(5)6;/h1-2H3,(H,5,6);/q-1;. The van der Waals surface area contributed by atoms with E-state index in [1.54, 1.807) is 13.8 Å². The Labute approximate surface area is 68.2 Å². The third kappa shape index (κ3) is 6.44. The summed E-state index contributed by atoms with van der Waals surface area (Å²) in [6, 6.07) is 0. The van der Waals surface area contributed by atoms with Gasteiger partial charge in [-0.15, -0.1) is 0 Å². The summed E-state index contributed by atoms with van der Waals surface area (Å²) < 4.78 is 0. The Bertz CT molecular complexity index is 60.7. The second-order valence-corrected chi connectivity index (χ2v) is 1.31. The predicted octanol–water partition coefficient (Wildman–Crippen LogP) is 0.683. The number of carboxylic acid groups (broad SMARTS) is 1. The summed E-state index contributed by atoms with van der Waals surface area (Å²) in [5, 5.41) is 7.95. The average molecular weight is 176 g/mol. The molecule has 0 aliphatic carbocycles. The molecule has 39 valence electrons. The van der Waals surface area contributed by atoms with Gasteiger partial charge in [-0.25, -0.2) is 0 Å². The van der Waals surface area contributed by atoms with Gasteiger partial charge >= 0.3 is 0 Å². The molecule has 0 aliphatic heterocycles. The van der Waals surface area contributed by atoms with Crippen molar-refractivity contribution in [1.29, 1.82) is 0 Å². The normalized spacial score (nSPS) is 6.57. The van der Waals surface area contributed by atoms with Gasteiger partial charge in [-0.05, 0) is 0 Å². The summed E-state index contributed by atoms with van der Waals surface area (Å²) in [5.74, 6) is -0.398. The van der Waals surface area contributed by atoms with Crippen molar-refractivity contribution in [3.63, 3.8) is 0 Å². The molecule has 0 rings (SSSR count). The van der Waals surface area contributed by atoms with Gasteiger partial charge in [0.25, 0.3) is 0 Å². The molecule has 0 heterocycles. The van der Waals surface area contributed by atoms with Gasteiger partial charge in [0.2, 0.25) is 0 Å². The molecule has 0 aromatic carbocycles. The number of carboxylic acids is 1. The molecule has 0 bridgehead atoms. The van der Waals surface area contributed by atoms with Gasteiger partial charge in [0.1, 0.15) is 0 Å². The van der Waals surface area contributed by atoms with Crippen LogP contribution in [0.4, 0.5) is 0 Å². The zero-order chi connectivity index (χ0) is 5.15. The maximum atomic E-state index is 9.66. The molecule has 0 fully saturated rings. The average Bonchev–Trinajstić information content (AvgIpc) is 1.36. The predicted molar refractivity (Wildman–Crippen MR) is 22.2 cm³/mol. The van der Waals surface area contributed by atoms with Gasteiger partial charge < -0.3 is 5.11 Å². The van der Waals surface area contributed by atoms with Gasteiger partial charge in [0.15, 0.2) is 5.97 Å². The zero-order valence-corrected chi connectivity index (χ0v) is 7.27. The zero-order valence-electron chi connectivity index (χ0n) is 4.43. The molecule has 3 heteroatoms. The van der Waals surface area contributed by atoms with Crippen molar-refractivity contribution in [2.45, 2.75) is 13.8 Å². The van der Waals surface area contributed by atoms with E-state index >= 15 is 0 Å². The molecule has 0 saturated carbocycles. The first-order valence-electron chi connectivity index (χ1n) is 1.68. The van der Waals surface area contributed by atoms with E-state index in [0.717, 1.165) is 0 Å². The van der Waals surface area contributed by atoms with Crippen LogP contribution in [-0.2, 0) is 37.5 Å². The second kappa shape index (κ2) is 4.60. The largest absolute Gasteiger partial charge is 0.503 e. The smallest absolute Gasteiger partial charge is 0.166 e. The Morgan fingerprint density at radius 3 is 1.71 bits per heavy atom. The molecule has 1 N–H and O–H groups in total. The van der Waals surface area contributed by atoms with Crippen LogP contribution < -0.4 is 0 Å². The minimum Gasteiger partial charge on any atom is -0.503 e. The van der Waals surface area contributed by atoms with Crippen LogP contribution in [0.2, 0.25) is 0 Å². The second-order valence-electron chi connectivity index (χ2n) is 1.31. The van der Waals surface area contributed by atoms with E-state index in [1.807, 2.05) is 0 Å². The summed E-state index contributed by atoms with van der Waals surface area (Å²) in [6.07, 6.45) is 0. The maximum Gasteiger partial charge on any atom is 0.166 e. The topological polar surface area (TPSA) is 37.3 Å². The fourth-order valence-electron chi connectivity index (χ4n) is 0. The van der Waals surface area contributed by atoms with Gasteiger partial charge in [-0.3, -0.25) is 10.7 Å². The number of carbonyl (C=O) groups is 1. The van der Waals surface area contributed by atoms with Gasteiger partial charge in [0, 0.05) is 32.7 Å². The van der Waals surface area contributed by atoms with Gasteiger partial charge in [-0.2, -0.15) is 13.8 Å². The van der Waals surface area contributed by atoms with E-state index in [2.05, 4.69) is 0 Å². The van der Waals surface area contributed by atoms with Crippen molar-refractivity contribution in [3.05, 3.63) is 5.92 Å². The SMILES string of the molecule is C[C-](C)C(=O)O.[Y]. The first-order chi connectivity index (χ1) is 2.64. The summed E-state index contributed by atoms with van der Waals surface area (Å²) in [6.45, 7) is 3.12. The molecule has 0 aromatic heterocycles. The van der Waals surface area contributed by atoms with Crippen molar-refractivity contribution >= 4 is 5.97 Å². The van der Waals surface area contributed by atoms with Crippen LogP contribution in [0.15, 0.2) is 0 Å². The van der Waals surface area contributed by atoms with Crippen LogP contribution in [0.3, 0.4) is 0 Å². The molecule has 2 nitrogen and oxygen atoms in total. The number of rotatable bonds is 1. The van der Waals surface area contributed by atoms with Gasteiger partial charge in [0.05, 0.1) is 0 Å². The summed E-state index contributed by atoms with van der Waals surface area (Å²) >= 11 is 0. The Morgan fingerprint density at radius 1 is 1.57 bits per heavy atom. The number of aliphatic carboxylic acids is 1. The molecule has 7 heavy (non-hydrogen) atoms. The fraction of sp³-hybridized carbons (Fsp3) is 0.500. The van der Waals surface area contributed by atoms with E-state index < -0.39 is 5.97 Å². The van der Waals surface area contributed by atoms with E-state index in [1.165, 1.54) is 0 Å². The Hall–Kier alpha value is 0.444. The summed E-state index contributed by atoms with van der Waals surface area (Å²) in [7, 11) is 0. The van der Waals surface area contributed by atoms with Gasteiger partial charge in [-0.1, -0.05) is 0 Å². The van der Waals surface area contributed by atoms with Crippen LogP contribution >= 0.6 is 0 Å². The van der Waals surface area contributed by atoms with Crippen LogP contribution in [0, 0.1) is 5.92 Å². The van der Waals surface area contributed by atoms with Crippen molar-refractivity contribution < 1.29 is 42.6 Å². The van der Waals surface area contributed by atoms with Crippen molar-refractivity contribution in [2.24, 2.45) is 0 Å². The summed E-state index contributed by atoms with van der Waals surface area (Å²) in [4.78, 5) is 9.66. The Balaban J connectivity index is 0. The molecule has 0 atom stereocenters. The minimum absolute atomic E-state index is 0. The summed E-state index contributed by atoms with van der Waals surface area (Å²) in [5.41, 5.74) is 0. The minimum atomic E-state index is -0.824. The molecule has 0 aliphatic rings. The number of hydrogen-bond acceptors (Lipinski definition) is 1. The first kappa shape index (κ1) is 10.4. The van der Waals surface area contributed by atoms with Crippen LogP contribution in [-0.4, -0.2) is 11.1 Å². The van der Waals surface area contributed by atoms with E-state index in [-0.39, 0.29) is 32.7 Å².